The Bertz CT molecular complexity index is 1370. The number of hydrogen-bond acceptors (Lipinski definition) is 6. The molecule has 3 amide bonds. The fourth-order valence-corrected chi connectivity index (χ4v) is 5.40. The molecule has 3 aromatic rings. The molecule has 0 spiro atoms. The van der Waals surface area contributed by atoms with Crippen LogP contribution in [0.3, 0.4) is 0 Å². The highest BCUT2D eigenvalue weighted by Crippen LogP contribution is 2.35. The van der Waals surface area contributed by atoms with Crippen LogP contribution in [0.25, 0.3) is 16.8 Å². The first-order valence-corrected chi connectivity index (χ1v) is 13.2. The second-order valence-electron chi connectivity index (χ2n) is 8.92. The van der Waals surface area contributed by atoms with Gasteiger partial charge in [-0.15, -0.1) is 0 Å². The Morgan fingerprint density at radius 3 is 2.57 bits per heavy atom. The van der Waals surface area contributed by atoms with E-state index >= 15 is 0 Å². The monoisotopic (exact) mass is 516 g/mol. The Balaban J connectivity index is 1.31. The minimum atomic E-state index is -0.447. The predicted octanol–water partition coefficient (Wildman–Crippen LogP) is 5.48. The van der Waals surface area contributed by atoms with E-state index in [1.807, 2.05) is 43.3 Å². The first-order chi connectivity index (χ1) is 18.0. The molecular formula is C29H28N2O5S. The van der Waals surface area contributed by atoms with Crippen LogP contribution in [-0.2, 0) is 16.2 Å². The fourth-order valence-electron chi connectivity index (χ4n) is 4.57. The Morgan fingerprint density at radius 1 is 0.973 bits per heavy atom. The molecule has 2 heterocycles. The number of imide groups is 1. The molecule has 0 unspecified atom stereocenters. The zero-order chi connectivity index (χ0) is 25.8. The second-order valence-corrected chi connectivity index (χ2v) is 9.92. The van der Waals surface area contributed by atoms with E-state index in [-0.39, 0.29) is 17.4 Å². The second kappa shape index (κ2) is 11.1. The standard InChI is InChI=1S/C29H28N2O5S/c1-2-35-25-16-20(12-13-24(25)36-19-22-10-7-9-21-8-3-4-11-23(21)22)17-26-28(33)31(29(34)37-26)18-27(32)30-14-5-6-15-30/h3-4,7-13,16-17H,2,5-6,14-15,18-19H2,1H3/b26-17+. The van der Waals surface area contributed by atoms with Crippen molar-refractivity contribution in [2.45, 2.75) is 26.4 Å². The van der Waals surface area contributed by atoms with Gasteiger partial charge in [0.2, 0.25) is 5.91 Å². The van der Waals surface area contributed by atoms with Gasteiger partial charge in [-0.2, -0.15) is 0 Å². The number of fused-ring (bicyclic) bond motifs is 1. The van der Waals surface area contributed by atoms with Crippen LogP contribution in [0.4, 0.5) is 4.79 Å². The number of carbonyl (C=O) groups excluding carboxylic acids is 3. The van der Waals surface area contributed by atoms with Gasteiger partial charge in [0.1, 0.15) is 13.2 Å². The van der Waals surface area contributed by atoms with E-state index in [0.717, 1.165) is 45.8 Å². The van der Waals surface area contributed by atoms with Gasteiger partial charge in [-0.25, -0.2) is 0 Å². The molecule has 8 heteroatoms. The molecule has 0 saturated carbocycles. The Morgan fingerprint density at radius 2 is 1.76 bits per heavy atom. The molecule has 5 rings (SSSR count). The van der Waals surface area contributed by atoms with Gasteiger partial charge in [-0.1, -0.05) is 48.5 Å². The maximum atomic E-state index is 12.9. The first-order valence-electron chi connectivity index (χ1n) is 12.4. The molecule has 190 valence electrons. The van der Waals surface area contributed by atoms with E-state index in [1.54, 1.807) is 17.0 Å². The summed E-state index contributed by atoms with van der Waals surface area (Å²) >= 11 is 0.849. The van der Waals surface area contributed by atoms with E-state index in [1.165, 1.54) is 0 Å². The van der Waals surface area contributed by atoms with E-state index < -0.39 is 11.1 Å². The molecule has 2 aliphatic rings. The van der Waals surface area contributed by atoms with Crippen molar-refractivity contribution in [3.8, 4) is 11.5 Å². The van der Waals surface area contributed by atoms with Crippen molar-refractivity contribution in [2.75, 3.05) is 26.2 Å². The van der Waals surface area contributed by atoms with Crippen LogP contribution in [-0.4, -0.2) is 53.1 Å². The highest BCUT2D eigenvalue weighted by Gasteiger charge is 2.37. The lowest BCUT2D eigenvalue weighted by Crippen LogP contribution is -2.40. The van der Waals surface area contributed by atoms with Crippen molar-refractivity contribution in [3.05, 3.63) is 76.7 Å². The summed E-state index contributed by atoms with van der Waals surface area (Å²) in [6.07, 6.45) is 3.57. The van der Waals surface area contributed by atoms with E-state index in [9.17, 15) is 14.4 Å². The Hall–Kier alpha value is -3.78. The van der Waals surface area contributed by atoms with Crippen molar-refractivity contribution in [3.63, 3.8) is 0 Å². The van der Waals surface area contributed by atoms with Crippen molar-refractivity contribution in [2.24, 2.45) is 0 Å². The summed E-state index contributed by atoms with van der Waals surface area (Å²) in [4.78, 5) is 40.9. The SMILES string of the molecule is CCOc1cc(/C=C2/SC(=O)N(CC(=O)N3CCCC3)C2=O)ccc1OCc1cccc2ccccc12. The first kappa shape index (κ1) is 24.9. The number of carbonyl (C=O) groups is 3. The molecular weight excluding hydrogens is 488 g/mol. The average Bonchev–Trinajstić information content (AvgIpc) is 3.54. The van der Waals surface area contributed by atoms with Crippen LogP contribution in [0.1, 0.15) is 30.9 Å². The Labute approximate surface area is 220 Å². The van der Waals surface area contributed by atoms with E-state index in [0.29, 0.717) is 43.4 Å². The summed E-state index contributed by atoms with van der Waals surface area (Å²) in [5.74, 6) is 0.514. The molecule has 0 radical (unpaired) electrons. The lowest BCUT2D eigenvalue weighted by atomic mass is 10.1. The third kappa shape index (κ3) is 5.49. The molecule has 3 aromatic carbocycles. The minimum Gasteiger partial charge on any atom is -0.490 e. The van der Waals surface area contributed by atoms with Gasteiger partial charge in [0.05, 0.1) is 11.5 Å². The number of nitrogens with zero attached hydrogens (tertiary/aromatic N) is 2. The number of likely N-dealkylation sites (tertiary alicyclic amines) is 1. The van der Waals surface area contributed by atoms with Gasteiger partial charge < -0.3 is 14.4 Å². The lowest BCUT2D eigenvalue weighted by molar-refractivity contribution is -0.135. The third-order valence-electron chi connectivity index (χ3n) is 6.45. The highest BCUT2D eigenvalue weighted by molar-refractivity contribution is 8.18. The third-order valence-corrected chi connectivity index (χ3v) is 7.36. The smallest absolute Gasteiger partial charge is 0.294 e. The number of rotatable bonds is 8. The molecule has 0 atom stereocenters. The highest BCUT2D eigenvalue weighted by atomic mass is 32.2. The molecule has 2 saturated heterocycles. The molecule has 37 heavy (non-hydrogen) atoms. The van der Waals surface area contributed by atoms with E-state index in [2.05, 4.69) is 18.2 Å². The quantitative estimate of drug-likeness (QED) is 0.369. The van der Waals surface area contributed by atoms with Gasteiger partial charge in [-0.05, 0) is 71.6 Å². The number of benzene rings is 3. The van der Waals surface area contributed by atoms with Crippen LogP contribution >= 0.6 is 11.8 Å². The van der Waals surface area contributed by atoms with Gasteiger partial charge in [0, 0.05) is 13.1 Å². The number of amides is 3. The summed E-state index contributed by atoms with van der Waals surface area (Å²) in [5.41, 5.74) is 1.78. The normalized spacial score (nSPS) is 16.7. The maximum Gasteiger partial charge on any atom is 0.294 e. The van der Waals surface area contributed by atoms with Crippen molar-refractivity contribution in [1.82, 2.24) is 9.80 Å². The zero-order valence-corrected chi connectivity index (χ0v) is 21.5. The summed E-state index contributed by atoms with van der Waals surface area (Å²) in [6.45, 7) is 3.87. The molecule has 7 nitrogen and oxygen atoms in total. The number of ether oxygens (including phenoxy) is 2. The summed E-state index contributed by atoms with van der Waals surface area (Å²) < 4.78 is 12.0. The van der Waals surface area contributed by atoms with Crippen LogP contribution in [0.5, 0.6) is 11.5 Å². The van der Waals surface area contributed by atoms with Gasteiger partial charge in [0.25, 0.3) is 11.1 Å². The summed E-state index contributed by atoms with van der Waals surface area (Å²) in [6, 6.07) is 19.7. The summed E-state index contributed by atoms with van der Waals surface area (Å²) in [5, 5.41) is 1.86. The number of thioether (sulfide) groups is 1. The zero-order valence-electron chi connectivity index (χ0n) is 20.6. The van der Waals surface area contributed by atoms with Crippen molar-refractivity contribution in [1.29, 1.82) is 0 Å². The van der Waals surface area contributed by atoms with E-state index in [4.69, 9.17) is 9.47 Å². The van der Waals surface area contributed by atoms with Crippen LogP contribution in [0, 0.1) is 0 Å². The van der Waals surface area contributed by atoms with Crippen molar-refractivity contribution < 1.29 is 23.9 Å². The van der Waals surface area contributed by atoms with Gasteiger partial charge in [-0.3, -0.25) is 19.3 Å². The van der Waals surface area contributed by atoms with Gasteiger partial charge >= 0.3 is 0 Å². The van der Waals surface area contributed by atoms with Crippen LogP contribution in [0.2, 0.25) is 0 Å². The molecule has 0 N–H and O–H groups in total. The van der Waals surface area contributed by atoms with Crippen molar-refractivity contribution >= 4 is 45.7 Å². The van der Waals surface area contributed by atoms with Gasteiger partial charge in [0.15, 0.2) is 11.5 Å². The molecule has 2 aliphatic heterocycles. The molecule has 0 aliphatic carbocycles. The Kier molecular flexibility index (Phi) is 7.46. The minimum absolute atomic E-state index is 0.188. The topological polar surface area (TPSA) is 76.2 Å². The molecule has 0 aromatic heterocycles. The molecule has 0 bridgehead atoms. The molecule has 2 fully saturated rings. The summed E-state index contributed by atoms with van der Waals surface area (Å²) in [7, 11) is 0. The largest absolute Gasteiger partial charge is 0.490 e. The van der Waals surface area contributed by atoms with Crippen LogP contribution < -0.4 is 9.47 Å². The number of hydrogen-bond donors (Lipinski definition) is 0. The lowest BCUT2D eigenvalue weighted by Gasteiger charge is -2.18. The fraction of sp³-hybridized carbons (Fsp3) is 0.276. The maximum absolute atomic E-state index is 12.9. The predicted molar refractivity (Wildman–Crippen MR) is 144 cm³/mol. The average molecular weight is 517 g/mol. The van der Waals surface area contributed by atoms with Crippen LogP contribution in [0.15, 0.2) is 65.6 Å².